The number of aliphatic hydroxyl groups excluding tert-OH is 1. The van der Waals surface area contributed by atoms with Crippen LogP contribution in [-0.2, 0) is 0 Å². The fourth-order valence-corrected chi connectivity index (χ4v) is 1.35. The lowest BCUT2D eigenvalue weighted by Gasteiger charge is -2.18. The van der Waals surface area contributed by atoms with E-state index >= 15 is 0 Å². The molecule has 84 valence electrons. The molecule has 0 unspecified atom stereocenters. The van der Waals surface area contributed by atoms with Gasteiger partial charge in [-0.05, 0) is 19.1 Å². The van der Waals surface area contributed by atoms with Crippen LogP contribution in [0, 0.1) is 0 Å². The Morgan fingerprint density at radius 3 is 2.40 bits per heavy atom. The quantitative estimate of drug-likeness (QED) is 0.782. The summed E-state index contributed by atoms with van der Waals surface area (Å²) in [5, 5.41) is 9.83. The molecule has 0 spiro atoms. The topological polar surface area (TPSA) is 64.7 Å². The molecule has 0 aliphatic heterocycles. The van der Waals surface area contributed by atoms with Gasteiger partial charge in [0, 0.05) is 17.7 Å². The van der Waals surface area contributed by atoms with Crippen molar-refractivity contribution in [2.75, 3.05) is 14.2 Å². The predicted octanol–water partition coefficient (Wildman–Crippen LogP) is 1.08. The molecule has 0 aliphatic rings. The Labute approximate surface area is 89.6 Å². The molecule has 4 heteroatoms. The van der Waals surface area contributed by atoms with E-state index in [1.807, 2.05) is 0 Å². The van der Waals surface area contributed by atoms with Crippen LogP contribution < -0.4 is 15.2 Å². The van der Waals surface area contributed by atoms with Gasteiger partial charge in [-0.1, -0.05) is 0 Å². The molecular formula is C11H17NO3. The Morgan fingerprint density at radius 1 is 1.27 bits per heavy atom. The first-order valence-electron chi connectivity index (χ1n) is 4.75. The van der Waals surface area contributed by atoms with Gasteiger partial charge in [0.05, 0.1) is 20.3 Å². The van der Waals surface area contributed by atoms with Crippen molar-refractivity contribution in [3.05, 3.63) is 23.8 Å². The van der Waals surface area contributed by atoms with Gasteiger partial charge in [0.2, 0.25) is 0 Å². The fourth-order valence-electron chi connectivity index (χ4n) is 1.35. The van der Waals surface area contributed by atoms with Crippen LogP contribution in [0.1, 0.15) is 18.6 Å². The van der Waals surface area contributed by atoms with Crippen molar-refractivity contribution in [3.8, 4) is 11.5 Å². The van der Waals surface area contributed by atoms with Crippen LogP contribution in [-0.4, -0.2) is 25.4 Å². The molecule has 0 aliphatic carbocycles. The van der Waals surface area contributed by atoms with Crippen molar-refractivity contribution in [2.45, 2.75) is 19.1 Å². The molecule has 15 heavy (non-hydrogen) atoms. The molecule has 0 saturated carbocycles. The maximum atomic E-state index is 9.83. The highest BCUT2D eigenvalue weighted by molar-refractivity contribution is 5.42. The number of aliphatic hydroxyl groups is 1. The molecule has 0 radical (unpaired) electrons. The van der Waals surface area contributed by atoms with Gasteiger partial charge >= 0.3 is 0 Å². The summed E-state index contributed by atoms with van der Waals surface area (Å²) < 4.78 is 10.2. The molecule has 0 bridgehead atoms. The third-order valence-corrected chi connectivity index (χ3v) is 2.26. The standard InChI is InChI=1S/C11H17NO3/c1-7(12)11(13)9-5-4-8(14-2)6-10(9)15-3/h4-7,11,13H,12H2,1-3H3/t7-,11-/m0/s1. The molecule has 2 atom stereocenters. The minimum absolute atomic E-state index is 0.340. The lowest BCUT2D eigenvalue weighted by atomic mass is 10.0. The van der Waals surface area contributed by atoms with E-state index < -0.39 is 6.10 Å². The van der Waals surface area contributed by atoms with Gasteiger partial charge < -0.3 is 20.3 Å². The maximum absolute atomic E-state index is 9.83. The van der Waals surface area contributed by atoms with Crippen molar-refractivity contribution < 1.29 is 14.6 Å². The van der Waals surface area contributed by atoms with Crippen LogP contribution in [0.2, 0.25) is 0 Å². The molecule has 1 aromatic carbocycles. The normalized spacial score (nSPS) is 14.5. The summed E-state index contributed by atoms with van der Waals surface area (Å²) in [4.78, 5) is 0. The molecule has 1 aromatic rings. The number of ether oxygens (including phenoxy) is 2. The minimum Gasteiger partial charge on any atom is -0.497 e. The predicted molar refractivity (Wildman–Crippen MR) is 58.2 cm³/mol. The monoisotopic (exact) mass is 211 g/mol. The number of methoxy groups -OCH3 is 2. The summed E-state index contributed by atoms with van der Waals surface area (Å²) >= 11 is 0. The van der Waals surface area contributed by atoms with E-state index in [0.29, 0.717) is 17.1 Å². The molecule has 3 N–H and O–H groups in total. The number of nitrogens with two attached hydrogens (primary N) is 1. The van der Waals surface area contributed by atoms with Crippen LogP contribution in [0.25, 0.3) is 0 Å². The van der Waals surface area contributed by atoms with Crippen molar-refractivity contribution >= 4 is 0 Å². The number of hydrogen-bond acceptors (Lipinski definition) is 4. The summed E-state index contributed by atoms with van der Waals surface area (Å²) in [7, 11) is 3.13. The van der Waals surface area contributed by atoms with Crippen LogP contribution in [0.3, 0.4) is 0 Å². The zero-order chi connectivity index (χ0) is 11.4. The molecule has 0 aromatic heterocycles. The Kier molecular flexibility index (Phi) is 3.94. The number of benzene rings is 1. The molecule has 0 heterocycles. The second kappa shape index (κ2) is 5.00. The molecular weight excluding hydrogens is 194 g/mol. The average Bonchev–Trinajstić information content (AvgIpc) is 2.27. The summed E-state index contributed by atoms with van der Waals surface area (Å²) in [6, 6.07) is 4.91. The van der Waals surface area contributed by atoms with Crippen LogP contribution in [0.5, 0.6) is 11.5 Å². The highest BCUT2D eigenvalue weighted by Crippen LogP contribution is 2.30. The Hall–Kier alpha value is -1.26. The summed E-state index contributed by atoms with van der Waals surface area (Å²) in [6.45, 7) is 1.74. The zero-order valence-corrected chi connectivity index (χ0v) is 9.23. The van der Waals surface area contributed by atoms with Crippen LogP contribution in [0.4, 0.5) is 0 Å². The first-order chi connectivity index (χ1) is 7.10. The molecule has 0 amide bonds. The Balaban J connectivity index is 3.07. The lowest BCUT2D eigenvalue weighted by Crippen LogP contribution is -2.24. The van der Waals surface area contributed by atoms with E-state index in [-0.39, 0.29) is 6.04 Å². The first kappa shape index (κ1) is 11.8. The minimum atomic E-state index is -0.731. The van der Waals surface area contributed by atoms with E-state index in [4.69, 9.17) is 15.2 Å². The largest absolute Gasteiger partial charge is 0.497 e. The van der Waals surface area contributed by atoms with Crippen molar-refractivity contribution in [3.63, 3.8) is 0 Å². The van der Waals surface area contributed by atoms with Crippen molar-refractivity contribution in [1.82, 2.24) is 0 Å². The molecule has 4 nitrogen and oxygen atoms in total. The van der Waals surface area contributed by atoms with Crippen LogP contribution in [0.15, 0.2) is 18.2 Å². The second-order valence-corrected chi connectivity index (χ2v) is 3.41. The van der Waals surface area contributed by atoms with E-state index in [1.54, 1.807) is 39.3 Å². The van der Waals surface area contributed by atoms with E-state index in [2.05, 4.69) is 0 Å². The fraction of sp³-hybridized carbons (Fsp3) is 0.455. The van der Waals surface area contributed by atoms with E-state index in [0.717, 1.165) is 0 Å². The van der Waals surface area contributed by atoms with Crippen LogP contribution >= 0.6 is 0 Å². The highest BCUT2D eigenvalue weighted by atomic mass is 16.5. The molecule has 0 fully saturated rings. The number of hydrogen-bond donors (Lipinski definition) is 2. The maximum Gasteiger partial charge on any atom is 0.128 e. The Bertz CT molecular complexity index is 326. The van der Waals surface area contributed by atoms with Crippen molar-refractivity contribution in [2.24, 2.45) is 5.73 Å². The second-order valence-electron chi connectivity index (χ2n) is 3.41. The van der Waals surface area contributed by atoms with Gasteiger partial charge in [-0.3, -0.25) is 0 Å². The van der Waals surface area contributed by atoms with E-state index in [9.17, 15) is 5.11 Å². The SMILES string of the molecule is COc1ccc([C@@H](O)[C@H](C)N)c(OC)c1. The smallest absolute Gasteiger partial charge is 0.128 e. The summed E-state index contributed by atoms with van der Waals surface area (Å²) in [5.41, 5.74) is 6.30. The highest BCUT2D eigenvalue weighted by Gasteiger charge is 2.17. The van der Waals surface area contributed by atoms with Gasteiger partial charge in [-0.15, -0.1) is 0 Å². The van der Waals surface area contributed by atoms with Gasteiger partial charge in [0.1, 0.15) is 11.5 Å². The van der Waals surface area contributed by atoms with Gasteiger partial charge in [0.15, 0.2) is 0 Å². The summed E-state index contributed by atoms with van der Waals surface area (Å²) in [6.07, 6.45) is -0.731. The van der Waals surface area contributed by atoms with Gasteiger partial charge in [-0.25, -0.2) is 0 Å². The average molecular weight is 211 g/mol. The summed E-state index contributed by atoms with van der Waals surface area (Å²) in [5.74, 6) is 1.27. The Morgan fingerprint density at radius 2 is 1.93 bits per heavy atom. The zero-order valence-electron chi connectivity index (χ0n) is 9.23. The third-order valence-electron chi connectivity index (χ3n) is 2.26. The molecule has 1 rings (SSSR count). The molecule has 0 saturated heterocycles. The van der Waals surface area contributed by atoms with Crippen molar-refractivity contribution in [1.29, 1.82) is 0 Å². The van der Waals surface area contributed by atoms with E-state index in [1.165, 1.54) is 0 Å². The number of rotatable bonds is 4. The van der Waals surface area contributed by atoms with Gasteiger partial charge in [0.25, 0.3) is 0 Å². The third kappa shape index (κ3) is 2.61. The van der Waals surface area contributed by atoms with Gasteiger partial charge in [-0.2, -0.15) is 0 Å². The lowest BCUT2D eigenvalue weighted by molar-refractivity contribution is 0.149. The first-order valence-corrected chi connectivity index (χ1v) is 4.75.